The van der Waals surface area contributed by atoms with Gasteiger partial charge in [-0.2, -0.15) is 0 Å². The molecule has 1 atom stereocenters. The van der Waals surface area contributed by atoms with Crippen LogP contribution in [0.2, 0.25) is 10.0 Å². The van der Waals surface area contributed by atoms with Crippen LogP contribution in [0, 0.1) is 6.92 Å². The number of nitrogens with two attached hydrogens (primary N) is 1. The van der Waals surface area contributed by atoms with Crippen molar-refractivity contribution in [3.05, 3.63) is 51.9 Å². The van der Waals surface area contributed by atoms with E-state index in [4.69, 9.17) is 33.4 Å². The Morgan fingerprint density at radius 1 is 1.28 bits per heavy atom. The summed E-state index contributed by atoms with van der Waals surface area (Å²) in [6.07, 6.45) is 0. The maximum absolute atomic E-state index is 6.14. The fourth-order valence-corrected chi connectivity index (χ4v) is 3.08. The molecular formula is C13H13Cl2NOS. The van der Waals surface area contributed by atoms with Crippen LogP contribution >= 0.6 is 35.0 Å². The lowest BCUT2D eigenvalue weighted by Gasteiger charge is -2.13. The fraction of sp³-hybridized carbons (Fsp3) is 0.231. The molecule has 0 fully saturated rings. The molecule has 0 aliphatic heterocycles. The largest absolute Gasteiger partial charge is 0.465 e. The second-order valence-corrected chi connectivity index (χ2v) is 5.95. The van der Waals surface area contributed by atoms with Gasteiger partial charge >= 0.3 is 0 Å². The van der Waals surface area contributed by atoms with Crippen LogP contribution in [0.4, 0.5) is 0 Å². The van der Waals surface area contributed by atoms with Crippen molar-refractivity contribution in [2.24, 2.45) is 5.73 Å². The highest BCUT2D eigenvalue weighted by Crippen LogP contribution is 2.39. The molecular weight excluding hydrogens is 289 g/mol. The van der Waals surface area contributed by atoms with Gasteiger partial charge in [-0.25, -0.2) is 0 Å². The molecule has 2 nitrogen and oxygen atoms in total. The zero-order chi connectivity index (χ0) is 13.1. The van der Waals surface area contributed by atoms with Crippen LogP contribution in [0.3, 0.4) is 0 Å². The van der Waals surface area contributed by atoms with E-state index in [2.05, 4.69) is 0 Å². The number of furan rings is 1. The Morgan fingerprint density at radius 2 is 2.06 bits per heavy atom. The minimum atomic E-state index is 0.0367. The van der Waals surface area contributed by atoms with Crippen LogP contribution in [-0.2, 0) is 0 Å². The molecule has 2 N–H and O–H groups in total. The normalized spacial score (nSPS) is 12.7. The first-order valence-electron chi connectivity index (χ1n) is 5.48. The molecule has 0 spiro atoms. The number of aryl methyl sites for hydroxylation is 1. The number of thioether (sulfide) groups is 1. The van der Waals surface area contributed by atoms with E-state index in [9.17, 15) is 0 Å². The topological polar surface area (TPSA) is 39.2 Å². The van der Waals surface area contributed by atoms with Gasteiger partial charge in [0.2, 0.25) is 0 Å². The molecule has 1 aromatic carbocycles. The van der Waals surface area contributed by atoms with Crippen molar-refractivity contribution >= 4 is 35.0 Å². The van der Waals surface area contributed by atoms with E-state index in [1.807, 2.05) is 25.1 Å². The maximum Gasteiger partial charge on any atom is 0.118 e. The molecule has 1 aromatic heterocycles. The molecule has 96 valence electrons. The highest BCUT2D eigenvalue weighted by Gasteiger charge is 2.16. The molecule has 0 saturated carbocycles. The van der Waals surface area contributed by atoms with Gasteiger partial charge in [-0.15, -0.1) is 11.8 Å². The zero-order valence-electron chi connectivity index (χ0n) is 9.82. The lowest BCUT2D eigenvalue weighted by molar-refractivity contribution is 0.481. The summed E-state index contributed by atoms with van der Waals surface area (Å²) in [6.45, 7) is 2.38. The first-order valence-corrected chi connectivity index (χ1v) is 7.12. The van der Waals surface area contributed by atoms with Gasteiger partial charge in [-0.3, -0.25) is 0 Å². The number of hydrogen-bond acceptors (Lipinski definition) is 3. The zero-order valence-corrected chi connectivity index (χ0v) is 12.1. The third kappa shape index (κ3) is 3.23. The first kappa shape index (κ1) is 13.8. The van der Waals surface area contributed by atoms with Crippen molar-refractivity contribution in [3.63, 3.8) is 0 Å². The van der Waals surface area contributed by atoms with E-state index in [0.717, 1.165) is 16.4 Å². The van der Waals surface area contributed by atoms with Crippen molar-refractivity contribution in [3.8, 4) is 0 Å². The van der Waals surface area contributed by atoms with E-state index < -0.39 is 0 Å². The summed E-state index contributed by atoms with van der Waals surface area (Å²) in [5.41, 5.74) is 5.79. The highest BCUT2D eigenvalue weighted by atomic mass is 35.5. The van der Waals surface area contributed by atoms with Gasteiger partial charge < -0.3 is 10.2 Å². The third-order valence-electron chi connectivity index (χ3n) is 2.46. The Bertz CT molecular complexity index is 542. The van der Waals surface area contributed by atoms with Crippen LogP contribution in [0.25, 0.3) is 0 Å². The molecule has 0 saturated heterocycles. The summed E-state index contributed by atoms with van der Waals surface area (Å²) < 4.78 is 5.60. The molecule has 0 amide bonds. The molecule has 0 aliphatic rings. The lowest BCUT2D eigenvalue weighted by Crippen LogP contribution is -2.08. The smallest absolute Gasteiger partial charge is 0.118 e. The molecule has 5 heteroatoms. The number of benzene rings is 1. The van der Waals surface area contributed by atoms with Gasteiger partial charge in [0.05, 0.1) is 10.3 Å². The Kier molecular flexibility index (Phi) is 4.62. The minimum absolute atomic E-state index is 0.0367. The maximum atomic E-state index is 6.14. The van der Waals surface area contributed by atoms with E-state index >= 15 is 0 Å². The Balaban J connectivity index is 2.22. The monoisotopic (exact) mass is 301 g/mol. The SMILES string of the molecule is Cc1ccc(C(CN)Sc2cc(Cl)ccc2Cl)o1. The Morgan fingerprint density at radius 3 is 2.67 bits per heavy atom. The third-order valence-corrected chi connectivity index (χ3v) is 4.43. The molecule has 0 aliphatic carbocycles. The van der Waals surface area contributed by atoms with E-state index in [1.54, 1.807) is 23.9 Å². The van der Waals surface area contributed by atoms with Crippen LogP contribution in [0.5, 0.6) is 0 Å². The predicted octanol–water partition coefficient (Wildman–Crippen LogP) is 4.69. The molecule has 0 radical (unpaired) electrons. The van der Waals surface area contributed by atoms with E-state index in [0.29, 0.717) is 16.6 Å². The van der Waals surface area contributed by atoms with Crippen LogP contribution in [-0.4, -0.2) is 6.54 Å². The van der Waals surface area contributed by atoms with Gasteiger partial charge in [0, 0.05) is 16.5 Å². The van der Waals surface area contributed by atoms with E-state index in [-0.39, 0.29) is 5.25 Å². The van der Waals surface area contributed by atoms with Gasteiger partial charge in [0.1, 0.15) is 11.5 Å². The van der Waals surface area contributed by atoms with Gasteiger partial charge in [-0.1, -0.05) is 23.2 Å². The van der Waals surface area contributed by atoms with E-state index in [1.165, 1.54) is 0 Å². The quantitative estimate of drug-likeness (QED) is 0.833. The standard InChI is InChI=1S/C13H13Cl2NOS/c1-8-2-5-11(17-8)13(7-16)18-12-6-9(14)3-4-10(12)15/h2-6,13H,7,16H2,1H3. The number of halogens is 2. The second-order valence-electron chi connectivity index (χ2n) is 3.87. The van der Waals surface area contributed by atoms with Crippen molar-refractivity contribution in [1.29, 1.82) is 0 Å². The molecule has 18 heavy (non-hydrogen) atoms. The van der Waals surface area contributed by atoms with Crippen molar-refractivity contribution in [2.45, 2.75) is 17.1 Å². The van der Waals surface area contributed by atoms with Crippen LogP contribution < -0.4 is 5.73 Å². The second kappa shape index (κ2) is 6.02. The Labute approximate surface area is 120 Å². The molecule has 1 unspecified atom stereocenters. The summed E-state index contributed by atoms with van der Waals surface area (Å²) in [7, 11) is 0. The first-order chi connectivity index (χ1) is 8.60. The summed E-state index contributed by atoms with van der Waals surface area (Å²) in [5.74, 6) is 1.73. The van der Waals surface area contributed by atoms with Crippen molar-refractivity contribution < 1.29 is 4.42 Å². The molecule has 2 aromatic rings. The average Bonchev–Trinajstić information content (AvgIpc) is 2.77. The van der Waals surface area contributed by atoms with Gasteiger partial charge in [0.25, 0.3) is 0 Å². The molecule has 0 bridgehead atoms. The number of hydrogen-bond donors (Lipinski definition) is 1. The van der Waals surface area contributed by atoms with Gasteiger partial charge in [0.15, 0.2) is 0 Å². The van der Waals surface area contributed by atoms with Crippen molar-refractivity contribution in [2.75, 3.05) is 6.54 Å². The fourth-order valence-electron chi connectivity index (χ4n) is 1.57. The highest BCUT2D eigenvalue weighted by molar-refractivity contribution is 7.99. The number of rotatable bonds is 4. The molecule has 2 rings (SSSR count). The Hall–Kier alpha value is -0.610. The van der Waals surface area contributed by atoms with Crippen LogP contribution in [0.15, 0.2) is 39.6 Å². The summed E-state index contributed by atoms with van der Waals surface area (Å²) in [5, 5.41) is 1.37. The summed E-state index contributed by atoms with van der Waals surface area (Å²) >= 11 is 13.7. The lowest BCUT2D eigenvalue weighted by atomic mass is 10.3. The molecule has 1 heterocycles. The van der Waals surface area contributed by atoms with Gasteiger partial charge in [-0.05, 0) is 37.3 Å². The van der Waals surface area contributed by atoms with Crippen molar-refractivity contribution in [1.82, 2.24) is 0 Å². The summed E-state index contributed by atoms with van der Waals surface area (Å²) in [6, 6.07) is 9.26. The van der Waals surface area contributed by atoms with Crippen LogP contribution in [0.1, 0.15) is 16.8 Å². The average molecular weight is 302 g/mol. The predicted molar refractivity (Wildman–Crippen MR) is 77.6 cm³/mol. The minimum Gasteiger partial charge on any atom is -0.465 e. The summed E-state index contributed by atoms with van der Waals surface area (Å²) in [4.78, 5) is 0.911.